The van der Waals surface area contributed by atoms with Crippen molar-refractivity contribution < 1.29 is 14.3 Å². The number of allylic oxidation sites excluding steroid dienone is 1. The van der Waals surface area contributed by atoms with E-state index in [0.29, 0.717) is 0 Å². The summed E-state index contributed by atoms with van der Waals surface area (Å²) in [5, 5.41) is 0. The number of hydrogen-bond donors (Lipinski definition) is 0. The van der Waals surface area contributed by atoms with E-state index in [1.54, 1.807) is 0 Å². The predicted octanol–water partition coefficient (Wildman–Crippen LogP) is 2.07. The highest BCUT2D eigenvalue weighted by Gasteiger charge is 2.53. The Morgan fingerprint density at radius 2 is 2.22 bits per heavy atom. The van der Waals surface area contributed by atoms with Gasteiger partial charge in [-0.25, -0.2) is 0 Å². The van der Waals surface area contributed by atoms with Crippen molar-refractivity contribution in [3.8, 4) is 0 Å². The van der Waals surface area contributed by atoms with Crippen LogP contribution in [0.3, 0.4) is 0 Å². The Bertz CT molecular complexity index is 405. The average Bonchev–Trinajstić information content (AvgIpc) is 2.52. The van der Waals surface area contributed by atoms with E-state index >= 15 is 0 Å². The van der Waals surface area contributed by atoms with Crippen LogP contribution in [0.4, 0.5) is 0 Å². The highest BCUT2D eigenvalue weighted by molar-refractivity contribution is 6.24. The summed E-state index contributed by atoms with van der Waals surface area (Å²) >= 11 is 6.55. The second kappa shape index (κ2) is 4.67. The van der Waals surface area contributed by atoms with Crippen LogP contribution in [-0.4, -0.2) is 33.8 Å². The van der Waals surface area contributed by atoms with Crippen LogP contribution in [0, 0.1) is 5.92 Å². The first-order valence-corrected chi connectivity index (χ1v) is 6.62. The third-order valence-electron chi connectivity index (χ3n) is 3.92. The smallest absolute Gasteiger partial charge is 0.236 e. The third kappa shape index (κ3) is 2.08. The molecule has 2 rings (SSSR count). The van der Waals surface area contributed by atoms with Crippen molar-refractivity contribution in [1.29, 1.82) is 0 Å². The lowest BCUT2D eigenvalue weighted by Crippen LogP contribution is -2.48. The summed E-state index contributed by atoms with van der Waals surface area (Å²) in [5.41, 5.74) is 0. The van der Waals surface area contributed by atoms with Crippen molar-refractivity contribution >= 4 is 23.3 Å². The molecule has 2 heterocycles. The summed E-state index contributed by atoms with van der Waals surface area (Å²) < 4.78 is 5.89. The summed E-state index contributed by atoms with van der Waals surface area (Å²) in [6.45, 7) is 5.95. The van der Waals surface area contributed by atoms with Crippen LogP contribution in [0.1, 0.15) is 33.6 Å². The highest BCUT2D eigenvalue weighted by atomic mass is 35.5. The van der Waals surface area contributed by atoms with E-state index in [-0.39, 0.29) is 30.1 Å². The number of halogens is 1. The zero-order valence-corrected chi connectivity index (χ0v) is 11.6. The average molecular weight is 272 g/mol. The van der Waals surface area contributed by atoms with Crippen LogP contribution in [0.25, 0.3) is 0 Å². The summed E-state index contributed by atoms with van der Waals surface area (Å²) in [6, 6.07) is 0. The quantitative estimate of drug-likeness (QED) is 0.571. The lowest BCUT2D eigenvalue weighted by molar-refractivity contribution is -0.144. The highest BCUT2D eigenvalue weighted by Crippen LogP contribution is 2.44. The second-order valence-electron chi connectivity index (χ2n) is 5.13. The molecular formula is C13H18ClNO3. The first-order valence-electron chi connectivity index (χ1n) is 6.24. The van der Waals surface area contributed by atoms with Gasteiger partial charge in [0, 0.05) is 12.1 Å². The Hall–Kier alpha value is -0.870. The molecule has 0 aromatic heterocycles. The Morgan fingerprint density at radius 3 is 2.72 bits per heavy atom. The molecule has 0 unspecified atom stereocenters. The zero-order chi connectivity index (χ0) is 13.5. The molecule has 1 fully saturated rings. The van der Waals surface area contributed by atoms with Gasteiger partial charge in [0.1, 0.15) is 0 Å². The lowest BCUT2D eigenvalue weighted by Gasteiger charge is -2.34. The molecule has 0 aliphatic carbocycles. The molecule has 1 amide bonds. The largest absolute Gasteiger partial charge is 0.352 e. The van der Waals surface area contributed by atoms with Gasteiger partial charge >= 0.3 is 0 Å². The van der Waals surface area contributed by atoms with E-state index in [1.807, 2.05) is 20.8 Å². The molecular weight excluding hydrogens is 254 g/mol. The van der Waals surface area contributed by atoms with E-state index in [9.17, 15) is 9.59 Å². The molecule has 0 bridgehead atoms. The Balaban J connectivity index is 2.26. The SMILES string of the molecule is CC[C@H]1O[C@@H](N2C=CC(=O)CC2=O)[C@](C)(Cl)[C@@H]1C. The second-order valence-corrected chi connectivity index (χ2v) is 5.95. The van der Waals surface area contributed by atoms with Gasteiger partial charge in [-0.1, -0.05) is 13.8 Å². The molecule has 4 nitrogen and oxygen atoms in total. The number of ether oxygens (including phenoxy) is 1. The standard InChI is InChI=1S/C13H18ClNO3/c1-4-10-8(2)13(3,14)12(18-10)15-6-5-9(16)7-11(15)17/h5-6,8,10,12H,4,7H2,1-3H3/t8-,10-,12-,13-/m1/s1. The van der Waals surface area contributed by atoms with E-state index in [0.717, 1.165) is 6.42 Å². The van der Waals surface area contributed by atoms with E-state index in [2.05, 4.69) is 0 Å². The molecule has 0 radical (unpaired) electrons. The van der Waals surface area contributed by atoms with Crippen molar-refractivity contribution in [3.63, 3.8) is 0 Å². The number of ketones is 1. The van der Waals surface area contributed by atoms with Gasteiger partial charge in [0.05, 0.1) is 17.4 Å². The fourth-order valence-electron chi connectivity index (χ4n) is 2.55. The molecule has 0 spiro atoms. The summed E-state index contributed by atoms with van der Waals surface area (Å²) in [4.78, 5) is 23.9. The number of carbonyl (C=O) groups excluding carboxylic acids is 2. The normalized spacial score (nSPS) is 40.7. The van der Waals surface area contributed by atoms with Gasteiger partial charge in [-0.15, -0.1) is 11.6 Å². The maximum absolute atomic E-state index is 11.9. The van der Waals surface area contributed by atoms with Crippen LogP contribution in [-0.2, 0) is 14.3 Å². The number of nitrogens with zero attached hydrogens (tertiary/aromatic N) is 1. The maximum atomic E-state index is 11.9. The topological polar surface area (TPSA) is 46.6 Å². The van der Waals surface area contributed by atoms with Crippen molar-refractivity contribution in [3.05, 3.63) is 12.3 Å². The van der Waals surface area contributed by atoms with Gasteiger partial charge in [-0.2, -0.15) is 0 Å². The monoisotopic (exact) mass is 271 g/mol. The van der Waals surface area contributed by atoms with Crippen molar-refractivity contribution in [2.75, 3.05) is 0 Å². The predicted molar refractivity (Wildman–Crippen MR) is 68.0 cm³/mol. The fraction of sp³-hybridized carbons (Fsp3) is 0.692. The van der Waals surface area contributed by atoms with E-state index in [1.165, 1.54) is 17.2 Å². The van der Waals surface area contributed by atoms with Crippen LogP contribution >= 0.6 is 11.6 Å². The molecule has 0 saturated carbocycles. The number of amides is 1. The van der Waals surface area contributed by atoms with Gasteiger partial charge in [0.15, 0.2) is 12.0 Å². The van der Waals surface area contributed by atoms with Gasteiger partial charge < -0.3 is 4.74 Å². The number of rotatable bonds is 2. The molecule has 2 aliphatic heterocycles. The Morgan fingerprint density at radius 1 is 1.56 bits per heavy atom. The minimum Gasteiger partial charge on any atom is -0.352 e. The lowest BCUT2D eigenvalue weighted by atomic mass is 9.90. The van der Waals surface area contributed by atoms with E-state index in [4.69, 9.17) is 16.3 Å². The van der Waals surface area contributed by atoms with Crippen molar-refractivity contribution in [1.82, 2.24) is 4.90 Å². The Kier molecular flexibility index (Phi) is 3.52. The first kappa shape index (κ1) is 13.6. The van der Waals surface area contributed by atoms with Crippen LogP contribution in [0.5, 0.6) is 0 Å². The molecule has 4 atom stereocenters. The molecule has 18 heavy (non-hydrogen) atoms. The minimum atomic E-state index is -0.638. The molecule has 1 saturated heterocycles. The van der Waals surface area contributed by atoms with Crippen molar-refractivity contribution in [2.45, 2.75) is 50.8 Å². The molecule has 5 heteroatoms. The van der Waals surface area contributed by atoms with Gasteiger partial charge in [0.25, 0.3) is 0 Å². The van der Waals surface area contributed by atoms with Gasteiger partial charge in [0.2, 0.25) is 5.91 Å². The summed E-state index contributed by atoms with van der Waals surface area (Å²) in [6.07, 6.45) is 3.18. The molecule has 0 aromatic carbocycles. The van der Waals surface area contributed by atoms with Gasteiger partial charge in [-0.3, -0.25) is 14.5 Å². The van der Waals surface area contributed by atoms with Crippen LogP contribution < -0.4 is 0 Å². The molecule has 100 valence electrons. The summed E-state index contributed by atoms with van der Waals surface area (Å²) in [7, 11) is 0. The third-order valence-corrected chi connectivity index (χ3v) is 4.45. The minimum absolute atomic E-state index is 0.0383. The number of hydrogen-bond acceptors (Lipinski definition) is 3. The summed E-state index contributed by atoms with van der Waals surface area (Å²) in [5.74, 6) is -0.276. The van der Waals surface area contributed by atoms with Crippen LogP contribution in [0.2, 0.25) is 0 Å². The zero-order valence-electron chi connectivity index (χ0n) is 10.9. The first-order chi connectivity index (χ1) is 8.37. The number of alkyl halides is 1. The van der Waals surface area contributed by atoms with E-state index < -0.39 is 11.1 Å². The Labute approximate surface area is 112 Å². The van der Waals surface area contributed by atoms with Crippen molar-refractivity contribution in [2.24, 2.45) is 5.92 Å². The molecule has 2 aliphatic rings. The van der Waals surface area contributed by atoms with Gasteiger partial charge in [-0.05, 0) is 19.4 Å². The molecule has 0 aromatic rings. The fourth-order valence-corrected chi connectivity index (χ4v) is 2.84. The number of carbonyl (C=O) groups is 2. The maximum Gasteiger partial charge on any atom is 0.236 e. The van der Waals surface area contributed by atoms with Crippen LogP contribution in [0.15, 0.2) is 12.3 Å². The molecule has 0 N–H and O–H groups in total.